The van der Waals surface area contributed by atoms with Crippen LogP contribution in [0.5, 0.6) is 0 Å². The molecule has 2 aromatic rings. The van der Waals surface area contributed by atoms with E-state index in [1.165, 1.54) is 11.1 Å². The number of nitrogens with zero attached hydrogens (tertiary/aromatic N) is 1. The Kier molecular flexibility index (Phi) is 4.40. The Morgan fingerprint density at radius 2 is 1.84 bits per heavy atom. The Labute approximate surface area is 114 Å². The van der Waals surface area contributed by atoms with Crippen molar-refractivity contribution in [1.82, 2.24) is 9.88 Å². The van der Waals surface area contributed by atoms with Gasteiger partial charge >= 0.3 is 0 Å². The molecule has 19 heavy (non-hydrogen) atoms. The molecule has 2 N–H and O–H groups in total. The molecule has 0 bridgehead atoms. The summed E-state index contributed by atoms with van der Waals surface area (Å²) in [4.78, 5) is 0. The van der Waals surface area contributed by atoms with Crippen molar-refractivity contribution in [1.29, 1.82) is 0 Å². The minimum absolute atomic E-state index is 0.137. The fourth-order valence-corrected chi connectivity index (χ4v) is 1.88. The number of rotatable bonds is 6. The van der Waals surface area contributed by atoms with Crippen LogP contribution in [0.4, 0.5) is 0 Å². The van der Waals surface area contributed by atoms with E-state index in [0.717, 1.165) is 13.1 Å². The molecule has 0 spiro atoms. The van der Waals surface area contributed by atoms with Crippen LogP contribution in [0.2, 0.25) is 0 Å². The quantitative estimate of drug-likeness (QED) is 0.835. The molecule has 1 aromatic heterocycles. The van der Waals surface area contributed by atoms with Crippen LogP contribution < -0.4 is 5.32 Å². The maximum absolute atomic E-state index is 9.20. The maximum Gasteiger partial charge on any atom is 0.0607 e. The standard InChI is InChI=1S/C16H22N2O/c1-16(2,13-19)17-10-15-8-9-18(12-15)11-14-6-4-3-5-7-14/h3-9,12,17,19H,10-11,13H2,1-2H3. The Balaban J connectivity index is 1.92. The van der Waals surface area contributed by atoms with Gasteiger partial charge in [-0.25, -0.2) is 0 Å². The van der Waals surface area contributed by atoms with Crippen molar-refractivity contribution in [2.24, 2.45) is 0 Å². The summed E-state index contributed by atoms with van der Waals surface area (Å²) in [6.45, 7) is 5.79. The van der Waals surface area contributed by atoms with Gasteiger partial charge in [-0.3, -0.25) is 0 Å². The molecule has 0 aliphatic carbocycles. The molecule has 0 saturated heterocycles. The van der Waals surface area contributed by atoms with E-state index in [2.05, 4.69) is 52.6 Å². The van der Waals surface area contributed by atoms with Crippen molar-refractivity contribution in [3.05, 3.63) is 59.9 Å². The van der Waals surface area contributed by atoms with E-state index in [9.17, 15) is 5.11 Å². The van der Waals surface area contributed by atoms with Crippen molar-refractivity contribution in [2.45, 2.75) is 32.5 Å². The monoisotopic (exact) mass is 258 g/mol. The highest BCUT2D eigenvalue weighted by Gasteiger charge is 2.14. The lowest BCUT2D eigenvalue weighted by atomic mass is 10.1. The second kappa shape index (κ2) is 6.04. The summed E-state index contributed by atoms with van der Waals surface area (Å²) in [6.07, 6.45) is 4.24. The predicted molar refractivity (Wildman–Crippen MR) is 78.0 cm³/mol. The molecule has 0 aliphatic heterocycles. The first-order valence-electron chi connectivity index (χ1n) is 6.63. The molecular weight excluding hydrogens is 236 g/mol. The lowest BCUT2D eigenvalue weighted by Gasteiger charge is -2.23. The Hall–Kier alpha value is -1.58. The Morgan fingerprint density at radius 1 is 1.11 bits per heavy atom. The van der Waals surface area contributed by atoms with Gasteiger partial charge in [0.15, 0.2) is 0 Å². The van der Waals surface area contributed by atoms with E-state index in [1.54, 1.807) is 0 Å². The summed E-state index contributed by atoms with van der Waals surface area (Å²) in [5.74, 6) is 0. The van der Waals surface area contributed by atoms with Crippen LogP contribution in [0.1, 0.15) is 25.0 Å². The van der Waals surface area contributed by atoms with Gasteiger partial charge in [-0.2, -0.15) is 0 Å². The largest absolute Gasteiger partial charge is 0.394 e. The first kappa shape index (κ1) is 13.8. The van der Waals surface area contributed by atoms with Gasteiger partial charge in [-0.05, 0) is 31.0 Å². The molecule has 0 saturated carbocycles. The minimum atomic E-state index is -0.235. The molecule has 0 atom stereocenters. The maximum atomic E-state index is 9.20. The van der Waals surface area contributed by atoms with Gasteiger partial charge in [0.1, 0.15) is 0 Å². The van der Waals surface area contributed by atoms with Gasteiger partial charge in [0.2, 0.25) is 0 Å². The van der Waals surface area contributed by atoms with E-state index in [-0.39, 0.29) is 12.1 Å². The first-order valence-corrected chi connectivity index (χ1v) is 6.63. The van der Waals surface area contributed by atoms with Crippen molar-refractivity contribution in [3.8, 4) is 0 Å². The van der Waals surface area contributed by atoms with Crippen LogP contribution in [0.3, 0.4) is 0 Å². The van der Waals surface area contributed by atoms with Crippen molar-refractivity contribution >= 4 is 0 Å². The SMILES string of the molecule is CC(C)(CO)NCc1ccn(Cc2ccccc2)c1. The molecule has 0 fully saturated rings. The van der Waals surface area contributed by atoms with E-state index < -0.39 is 0 Å². The summed E-state index contributed by atoms with van der Waals surface area (Å²) in [5.41, 5.74) is 2.30. The molecule has 3 heteroatoms. The molecule has 3 nitrogen and oxygen atoms in total. The molecule has 0 amide bonds. The summed E-state index contributed by atoms with van der Waals surface area (Å²) in [7, 11) is 0. The fraction of sp³-hybridized carbons (Fsp3) is 0.375. The van der Waals surface area contributed by atoms with Gasteiger partial charge in [-0.15, -0.1) is 0 Å². The number of benzene rings is 1. The number of aliphatic hydroxyl groups is 1. The summed E-state index contributed by atoms with van der Waals surface area (Å²) in [5, 5.41) is 12.5. The smallest absolute Gasteiger partial charge is 0.0607 e. The van der Waals surface area contributed by atoms with Crippen molar-refractivity contribution in [2.75, 3.05) is 6.61 Å². The van der Waals surface area contributed by atoms with Crippen LogP contribution in [0, 0.1) is 0 Å². The van der Waals surface area contributed by atoms with Crippen LogP contribution in [0.25, 0.3) is 0 Å². The van der Waals surface area contributed by atoms with Gasteiger partial charge in [0, 0.05) is 31.0 Å². The van der Waals surface area contributed by atoms with Crippen LogP contribution in [0.15, 0.2) is 48.8 Å². The molecule has 2 rings (SSSR count). The van der Waals surface area contributed by atoms with Gasteiger partial charge in [0.05, 0.1) is 6.61 Å². The normalized spacial score (nSPS) is 11.7. The van der Waals surface area contributed by atoms with Gasteiger partial charge in [0.25, 0.3) is 0 Å². The van der Waals surface area contributed by atoms with Gasteiger partial charge < -0.3 is 15.0 Å². The number of aromatic nitrogens is 1. The predicted octanol–water partition coefficient (Wildman–Crippen LogP) is 2.40. The van der Waals surface area contributed by atoms with E-state index in [1.807, 2.05) is 19.9 Å². The van der Waals surface area contributed by atoms with Crippen molar-refractivity contribution < 1.29 is 5.11 Å². The fourth-order valence-electron chi connectivity index (χ4n) is 1.88. The number of hydrogen-bond acceptors (Lipinski definition) is 2. The van der Waals surface area contributed by atoms with Crippen LogP contribution >= 0.6 is 0 Å². The van der Waals surface area contributed by atoms with Crippen LogP contribution in [-0.4, -0.2) is 21.8 Å². The molecule has 102 valence electrons. The lowest BCUT2D eigenvalue weighted by Crippen LogP contribution is -2.41. The molecule has 1 aromatic carbocycles. The molecule has 0 aliphatic rings. The highest BCUT2D eigenvalue weighted by molar-refractivity contribution is 5.17. The Bertz CT molecular complexity index is 502. The van der Waals surface area contributed by atoms with E-state index in [0.29, 0.717) is 0 Å². The third-order valence-corrected chi connectivity index (χ3v) is 3.19. The van der Waals surface area contributed by atoms with Gasteiger partial charge in [-0.1, -0.05) is 30.3 Å². The van der Waals surface area contributed by atoms with Crippen LogP contribution in [-0.2, 0) is 13.1 Å². The summed E-state index contributed by atoms with van der Waals surface area (Å²) in [6, 6.07) is 12.5. The topological polar surface area (TPSA) is 37.2 Å². The second-order valence-corrected chi connectivity index (χ2v) is 5.57. The average Bonchev–Trinajstić information content (AvgIpc) is 2.86. The molecule has 1 heterocycles. The highest BCUT2D eigenvalue weighted by atomic mass is 16.3. The van der Waals surface area contributed by atoms with E-state index >= 15 is 0 Å². The zero-order valence-electron chi connectivity index (χ0n) is 11.6. The zero-order valence-corrected chi connectivity index (χ0v) is 11.6. The highest BCUT2D eigenvalue weighted by Crippen LogP contribution is 2.08. The third-order valence-electron chi connectivity index (χ3n) is 3.19. The number of aliphatic hydroxyl groups excluding tert-OH is 1. The molecule has 0 radical (unpaired) electrons. The minimum Gasteiger partial charge on any atom is -0.394 e. The van der Waals surface area contributed by atoms with Crippen molar-refractivity contribution in [3.63, 3.8) is 0 Å². The number of hydrogen-bond donors (Lipinski definition) is 2. The zero-order chi connectivity index (χ0) is 13.7. The molecular formula is C16H22N2O. The summed E-state index contributed by atoms with van der Waals surface area (Å²) < 4.78 is 2.18. The van der Waals surface area contributed by atoms with E-state index in [4.69, 9.17) is 0 Å². The number of nitrogens with one attached hydrogen (secondary N) is 1. The second-order valence-electron chi connectivity index (χ2n) is 5.57. The summed E-state index contributed by atoms with van der Waals surface area (Å²) >= 11 is 0. The average molecular weight is 258 g/mol. The Morgan fingerprint density at radius 3 is 2.53 bits per heavy atom. The third kappa shape index (κ3) is 4.23. The lowest BCUT2D eigenvalue weighted by molar-refractivity contribution is 0.187. The first-order chi connectivity index (χ1) is 9.09. The molecule has 0 unspecified atom stereocenters.